The van der Waals surface area contributed by atoms with Crippen molar-refractivity contribution < 1.29 is 14.3 Å². The molecule has 2 amide bonds. The number of aryl methyl sites for hydroxylation is 1. The van der Waals surface area contributed by atoms with Crippen LogP contribution < -0.4 is 16.0 Å². The fourth-order valence-electron chi connectivity index (χ4n) is 3.51. The van der Waals surface area contributed by atoms with Crippen LogP contribution in [0.5, 0.6) is 0 Å². The molecule has 2 aromatic carbocycles. The van der Waals surface area contributed by atoms with E-state index in [0.29, 0.717) is 17.8 Å². The number of esters is 1. The van der Waals surface area contributed by atoms with Crippen LogP contribution in [0.1, 0.15) is 37.4 Å². The van der Waals surface area contributed by atoms with Crippen LogP contribution in [0, 0.1) is 0 Å². The van der Waals surface area contributed by atoms with Crippen LogP contribution in [-0.2, 0) is 16.0 Å². The molecule has 6 nitrogen and oxygen atoms in total. The predicted octanol–water partition coefficient (Wildman–Crippen LogP) is 3.47. The number of hydrogen-bond donors (Lipinski definition) is 3. The first-order chi connectivity index (χ1) is 14.6. The Morgan fingerprint density at radius 1 is 1.10 bits per heavy atom. The summed E-state index contributed by atoms with van der Waals surface area (Å²) in [5.41, 5.74) is 3.12. The van der Waals surface area contributed by atoms with Crippen molar-refractivity contribution in [2.45, 2.75) is 38.8 Å². The smallest absolute Gasteiger partial charge is 0.338 e. The Hall–Kier alpha value is -3.12. The number of amides is 2. The molecule has 0 aliphatic carbocycles. The van der Waals surface area contributed by atoms with Gasteiger partial charge in [-0.2, -0.15) is 0 Å². The molecule has 3 rings (SSSR count). The largest absolute Gasteiger partial charge is 0.463 e. The molecule has 0 bridgehead atoms. The van der Waals surface area contributed by atoms with Gasteiger partial charge in [0.25, 0.3) is 0 Å². The van der Waals surface area contributed by atoms with E-state index in [1.807, 2.05) is 48.5 Å². The van der Waals surface area contributed by atoms with E-state index < -0.39 is 12.0 Å². The number of rotatable bonds is 9. The highest BCUT2D eigenvalue weighted by Gasteiger charge is 2.33. The van der Waals surface area contributed by atoms with Crippen molar-refractivity contribution >= 4 is 12.0 Å². The minimum Gasteiger partial charge on any atom is -0.463 e. The van der Waals surface area contributed by atoms with Gasteiger partial charge in [-0.3, -0.25) is 0 Å². The molecule has 1 aliphatic heterocycles. The summed E-state index contributed by atoms with van der Waals surface area (Å²) in [5.74, 6) is -0.424. The van der Waals surface area contributed by atoms with Crippen molar-refractivity contribution in [3.05, 3.63) is 83.1 Å². The molecular weight excluding hydrogens is 378 g/mol. The average molecular weight is 408 g/mol. The lowest BCUT2D eigenvalue weighted by atomic mass is 9.95. The van der Waals surface area contributed by atoms with Gasteiger partial charge in [0.05, 0.1) is 18.2 Å². The summed E-state index contributed by atoms with van der Waals surface area (Å²) in [6.07, 6.45) is 1.90. The Morgan fingerprint density at radius 2 is 1.77 bits per heavy atom. The summed E-state index contributed by atoms with van der Waals surface area (Å²) in [6, 6.07) is 19.1. The second-order valence-electron chi connectivity index (χ2n) is 7.36. The molecule has 0 aromatic heterocycles. The quantitative estimate of drug-likeness (QED) is 0.556. The van der Waals surface area contributed by atoms with Gasteiger partial charge >= 0.3 is 12.0 Å². The molecule has 158 valence electrons. The van der Waals surface area contributed by atoms with Crippen LogP contribution in [0.15, 0.2) is 71.9 Å². The van der Waals surface area contributed by atoms with Crippen molar-refractivity contribution in [2.75, 3.05) is 13.2 Å². The van der Waals surface area contributed by atoms with Crippen LogP contribution in [0.25, 0.3) is 0 Å². The standard InChI is InChI=1S/C24H29N3O3/c1-3-30-23(28)21-20(16-25-17(2)14-15-18-10-6-4-7-11-18)26-24(29)27-22(21)19-12-8-5-9-13-19/h4-13,17,22,25H,3,14-16H2,1-2H3,(H2,26,27,29)/t17-,22-/m1/s1. The highest BCUT2D eigenvalue weighted by atomic mass is 16.5. The molecule has 30 heavy (non-hydrogen) atoms. The van der Waals surface area contributed by atoms with E-state index in [-0.39, 0.29) is 18.7 Å². The molecule has 3 N–H and O–H groups in total. The average Bonchev–Trinajstić information content (AvgIpc) is 2.77. The molecule has 1 heterocycles. The molecule has 6 heteroatoms. The van der Waals surface area contributed by atoms with Gasteiger partial charge in [0, 0.05) is 18.3 Å². The zero-order valence-corrected chi connectivity index (χ0v) is 17.5. The minimum absolute atomic E-state index is 0.211. The van der Waals surface area contributed by atoms with Crippen molar-refractivity contribution in [1.29, 1.82) is 0 Å². The van der Waals surface area contributed by atoms with E-state index >= 15 is 0 Å². The number of nitrogens with one attached hydrogen (secondary N) is 3. The van der Waals surface area contributed by atoms with Gasteiger partial charge in [0.15, 0.2) is 0 Å². The monoisotopic (exact) mass is 407 g/mol. The number of carbonyl (C=O) groups excluding carboxylic acids is 2. The summed E-state index contributed by atoms with van der Waals surface area (Å²) in [4.78, 5) is 25.1. The van der Waals surface area contributed by atoms with Crippen molar-refractivity contribution in [1.82, 2.24) is 16.0 Å². The van der Waals surface area contributed by atoms with E-state index in [4.69, 9.17) is 4.74 Å². The van der Waals surface area contributed by atoms with Gasteiger partial charge in [0.1, 0.15) is 0 Å². The lowest BCUT2D eigenvalue weighted by molar-refractivity contribution is -0.139. The van der Waals surface area contributed by atoms with Crippen LogP contribution in [0.3, 0.4) is 0 Å². The fraction of sp³-hybridized carbons (Fsp3) is 0.333. The van der Waals surface area contributed by atoms with E-state index in [2.05, 4.69) is 35.0 Å². The van der Waals surface area contributed by atoms with Crippen molar-refractivity contribution in [3.63, 3.8) is 0 Å². The minimum atomic E-state index is -0.546. The Bertz CT molecular complexity index is 881. The normalized spacial score (nSPS) is 17.1. The molecule has 2 aromatic rings. The Morgan fingerprint density at radius 3 is 2.43 bits per heavy atom. The van der Waals surface area contributed by atoms with Gasteiger partial charge in [-0.15, -0.1) is 0 Å². The van der Waals surface area contributed by atoms with Gasteiger partial charge in [-0.1, -0.05) is 60.7 Å². The first-order valence-corrected chi connectivity index (χ1v) is 10.4. The highest BCUT2D eigenvalue weighted by molar-refractivity contribution is 5.95. The third-order valence-electron chi connectivity index (χ3n) is 5.12. The summed E-state index contributed by atoms with van der Waals surface area (Å²) >= 11 is 0. The second-order valence-corrected chi connectivity index (χ2v) is 7.36. The molecule has 0 fully saturated rings. The van der Waals surface area contributed by atoms with E-state index in [1.54, 1.807) is 6.92 Å². The lowest BCUT2D eigenvalue weighted by Gasteiger charge is -2.30. The zero-order chi connectivity index (χ0) is 21.3. The molecule has 1 aliphatic rings. The highest BCUT2D eigenvalue weighted by Crippen LogP contribution is 2.27. The first kappa shape index (κ1) is 21.6. The Labute approximate surface area is 177 Å². The number of ether oxygens (including phenoxy) is 1. The van der Waals surface area contributed by atoms with E-state index in [1.165, 1.54) is 5.56 Å². The molecule has 0 spiro atoms. The van der Waals surface area contributed by atoms with Crippen LogP contribution in [0.4, 0.5) is 4.79 Å². The molecule has 0 saturated carbocycles. The number of carbonyl (C=O) groups is 2. The predicted molar refractivity (Wildman–Crippen MR) is 117 cm³/mol. The second kappa shape index (κ2) is 10.6. The SMILES string of the molecule is CCOC(=O)C1=C(CN[C@H](C)CCc2ccccc2)NC(=O)N[C@@H]1c1ccccc1. The van der Waals surface area contributed by atoms with Crippen LogP contribution in [0.2, 0.25) is 0 Å². The first-order valence-electron chi connectivity index (χ1n) is 10.4. The number of benzene rings is 2. The van der Waals surface area contributed by atoms with Crippen LogP contribution in [-0.4, -0.2) is 31.2 Å². The summed E-state index contributed by atoms with van der Waals surface area (Å²) in [6.45, 7) is 4.52. The van der Waals surface area contributed by atoms with Gasteiger partial charge in [0.2, 0.25) is 0 Å². The fourth-order valence-corrected chi connectivity index (χ4v) is 3.51. The maximum absolute atomic E-state index is 12.8. The third-order valence-corrected chi connectivity index (χ3v) is 5.12. The summed E-state index contributed by atoms with van der Waals surface area (Å²) in [5, 5.41) is 9.08. The topological polar surface area (TPSA) is 79.5 Å². The Kier molecular flexibility index (Phi) is 7.63. The van der Waals surface area contributed by atoms with Crippen molar-refractivity contribution in [2.24, 2.45) is 0 Å². The summed E-state index contributed by atoms with van der Waals surface area (Å²) in [7, 11) is 0. The number of hydrogen-bond acceptors (Lipinski definition) is 4. The maximum Gasteiger partial charge on any atom is 0.338 e. The Balaban J connectivity index is 1.75. The number of urea groups is 1. The maximum atomic E-state index is 12.8. The van der Waals surface area contributed by atoms with Gasteiger partial charge in [-0.25, -0.2) is 9.59 Å². The van der Waals surface area contributed by atoms with Gasteiger partial charge in [-0.05, 0) is 37.8 Å². The molecular formula is C24H29N3O3. The zero-order valence-electron chi connectivity index (χ0n) is 17.5. The molecule has 2 atom stereocenters. The van der Waals surface area contributed by atoms with Gasteiger partial charge < -0.3 is 20.7 Å². The third kappa shape index (κ3) is 5.70. The molecule has 0 radical (unpaired) electrons. The molecule has 0 unspecified atom stereocenters. The van der Waals surface area contributed by atoms with Crippen LogP contribution >= 0.6 is 0 Å². The molecule has 0 saturated heterocycles. The summed E-state index contributed by atoms with van der Waals surface area (Å²) < 4.78 is 5.29. The lowest BCUT2D eigenvalue weighted by Crippen LogP contribution is -2.48. The van der Waals surface area contributed by atoms with E-state index in [0.717, 1.165) is 18.4 Å². The van der Waals surface area contributed by atoms with E-state index in [9.17, 15) is 9.59 Å². The van der Waals surface area contributed by atoms with Crippen molar-refractivity contribution in [3.8, 4) is 0 Å².